The molecule has 2 aromatic rings. The third-order valence-electron chi connectivity index (χ3n) is 9.76. The third kappa shape index (κ3) is 3.78. The van der Waals surface area contributed by atoms with E-state index in [4.69, 9.17) is 14.2 Å². The normalized spacial score (nSPS) is 34.5. The Bertz CT molecular complexity index is 1270. The summed E-state index contributed by atoms with van der Waals surface area (Å²) in [5, 5.41) is 3.64. The van der Waals surface area contributed by atoms with E-state index in [1.54, 1.807) is 12.4 Å². The lowest BCUT2D eigenvalue weighted by atomic mass is 9.43. The van der Waals surface area contributed by atoms with E-state index >= 15 is 0 Å². The fourth-order valence-electron chi connectivity index (χ4n) is 8.00. The molecule has 1 N–H and O–H groups in total. The van der Waals surface area contributed by atoms with Crippen LogP contribution in [-0.2, 0) is 20.5 Å². The molecule has 6 aliphatic rings. The van der Waals surface area contributed by atoms with Crippen molar-refractivity contribution in [2.24, 2.45) is 11.8 Å². The zero-order valence-corrected chi connectivity index (χ0v) is 23.1. The molecule has 1 aromatic carbocycles. The lowest BCUT2D eigenvalue weighted by Crippen LogP contribution is -2.67. The third-order valence-corrected chi connectivity index (χ3v) is 9.76. The van der Waals surface area contributed by atoms with Gasteiger partial charge in [-0.1, -0.05) is 25.1 Å². The van der Waals surface area contributed by atoms with E-state index in [2.05, 4.69) is 36.3 Å². The molecule has 1 aromatic heterocycles. The molecule has 2 aliphatic heterocycles. The molecule has 1 saturated carbocycles. The Morgan fingerprint density at radius 1 is 1.13 bits per heavy atom. The van der Waals surface area contributed by atoms with Gasteiger partial charge in [-0.05, 0) is 81.3 Å². The minimum absolute atomic E-state index is 0.164. The van der Waals surface area contributed by atoms with E-state index in [9.17, 15) is 9.59 Å². The molecule has 1 unspecified atom stereocenters. The Morgan fingerprint density at radius 3 is 2.54 bits per heavy atom. The van der Waals surface area contributed by atoms with Gasteiger partial charge in [0, 0.05) is 48.4 Å². The average Bonchev–Trinajstić information content (AvgIpc) is 3.54. The standard InChI is InChI=1S/C26H32N2O5.C5H5N/c1-14-6-5-13-28(14)24(30)32-20-10-7-17-15(2)26(27-4)12-11-25(17)21-18(26)8-9-19(31-16(3)29)22(21)33-23(20)25;1-2-4-6-5-3-1/h7-10,14-15,17,20,23,27H,5-6,11-13H2,1-4H3;1-5H/t14-,15?,17+,20+,23+,25+,26-;/m1./s1. The number of benzene rings is 1. The van der Waals surface area contributed by atoms with Gasteiger partial charge in [0.05, 0.1) is 0 Å². The molecule has 7 atom stereocenters. The van der Waals surface area contributed by atoms with E-state index in [-0.39, 0.29) is 41.1 Å². The van der Waals surface area contributed by atoms with Gasteiger partial charge in [0.2, 0.25) is 0 Å². The fraction of sp³-hybridized carbons (Fsp3) is 0.516. The summed E-state index contributed by atoms with van der Waals surface area (Å²) < 4.78 is 18.3. The highest BCUT2D eigenvalue weighted by molar-refractivity contribution is 5.73. The molecule has 39 heavy (non-hydrogen) atoms. The van der Waals surface area contributed by atoms with Gasteiger partial charge in [-0.3, -0.25) is 9.78 Å². The SMILES string of the molecule is CN[C@@]12CC[C@]34c5c1ccc(OC(C)=O)c5O[C@H]3[C@@H](OC(=O)N1CCC[C@H]1C)C=C[C@H]4C2C.c1ccncc1. The number of amides is 1. The van der Waals surface area contributed by atoms with Crippen molar-refractivity contribution in [3.63, 3.8) is 0 Å². The van der Waals surface area contributed by atoms with Crippen molar-refractivity contribution < 1.29 is 23.8 Å². The number of nitrogens with zero attached hydrogens (tertiary/aromatic N) is 2. The highest BCUT2D eigenvalue weighted by Crippen LogP contribution is 2.70. The Hall–Kier alpha value is -3.39. The number of ether oxygens (including phenoxy) is 3. The molecule has 1 spiro atoms. The number of esters is 1. The first-order valence-corrected chi connectivity index (χ1v) is 14.1. The van der Waals surface area contributed by atoms with Crippen LogP contribution in [0.1, 0.15) is 57.6 Å². The lowest BCUT2D eigenvalue weighted by Gasteiger charge is -2.62. The van der Waals surface area contributed by atoms with E-state index < -0.39 is 6.10 Å². The topological polar surface area (TPSA) is 90.0 Å². The summed E-state index contributed by atoms with van der Waals surface area (Å²) in [6, 6.07) is 9.86. The van der Waals surface area contributed by atoms with Crippen LogP contribution in [-0.4, -0.2) is 53.8 Å². The number of hydrogen-bond acceptors (Lipinski definition) is 7. The van der Waals surface area contributed by atoms with Gasteiger partial charge < -0.3 is 24.4 Å². The molecule has 1 amide bonds. The molecule has 8 rings (SSSR count). The number of carbonyl (C=O) groups is 2. The zero-order chi connectivity index (χ0) is 27.4. The molecular weight excluding hydrogens is 494 g/mol. The molecule has 3 heterocycles. The first-order chi connectivity index (χ1) is 18.8. The number of aromatic nitrogens is 1. The number of rotatable bonds is 3. The van der Waals surface area contributed by atoms with Crippen LogP contribution in [0.4, 0.5) is 4.79 Å². The van der Waals surface area contributed by atoms with E-state index in [0.717, 1.165) is 37.8 Å². The van der Waals surface area contributed by atoms with Gasteiger partial charge in [-0.25, -0.2) is 4.79 Å². The molecule has 2 bridgehead atoms. The van der Waals surface area contributed by atoms with E-state index in [0.29, 0.717) is 17.4 Å². The fourth-order valence-corrected chi connectivity index (χ4v) is 8.00. The maximum Gasteiger partial charge on any atom is 0.410 e. The molecule has 8 nitrogen and oxygen atoms in total. The quantitative estimate of drug-likeness (QED) is 0.348. The molecule has 8 heteroatoms. The van der Waals surface area contributed by atoms with Crippen molar-refractivity contribution in [1.29, 1.82) is 0 Å². The maximum atomic E-state index is 13.1. The first-order valence-electron chi connectivity index (χ1n) is 14.1. The second-order valence-electron chi connectivity index (χ2n) is 11.5. The minimum atomic E-state index is -0.487. The van der Waals surface area contributed by atoms with Crippen molar-refractivity contribution in [2.45, 2.75) is 75.7 Å². The summed E-state index contributed by atoms with van der Waals surface area (Å²) in [7, 11) is 2.03. The monoisotopic (exact) mass is 531 g/mol. The summed E-state index contributed by atoms with van der Waals surface area (Å²) in [5.74, 6) is 1.30. The second kappa shape index (κ2) is 9.66. The van der Waals surface area contributed by atoms with Gasteiger partial charge in [0.15, 0.2) is 17.6 Å². The van der Waals surface area contributed by atoms with Crippen LogP contribution in [0, 0.1) is 11.8 Å². The Morgan fingerprint density at radius 2 is 1.92 bits per heavy atom. The van der Waals surface area contributed by atoms with Gasteiger partial charge in [0.25, 0.3) is 0 Å². The van der Waals surface area contributed by atoms with Crippen molar-refractivity contribution in [2.75, 3.05) is 13.6 Å². The molecule has 4 aliphatic carbocycles. The van der Waals surface area contributed by atoms with Crippen molar-refractivity contribution in [1.82, 2.24) is 15.2 Å². The van der Waals surface area contributed by atoms with Crippen LogP contribution in [0.2, 0.25) is 0 Å². The average molecular weight is 532 g/mol. The molecule has 2 fully saturated rings. The molecule has 206 valence electrons. The second-order valence-corrected chi connectivity index (χ2v) is 11.5. The summed E-state index contributed by atoms with van der Waals surface area (Å²) in [4.78, 5) is 30.5. The number of allylic oxidation sites excluding steroid dienone is 1. The number of pyridine rings is 1. The summed E-state index contributed by atoms with van der Waals surface area (Å²) >= 11 is 0. The van der Waals surface area contributed by atoms with Gasteiger partial charge in [-0.2, -0.15) is 0 Å². The zero-order valence-electron chi connectivity index (χ0n) is 23.1. The number of nitrogens with one attached hydrogen (secondary N) is 1. The van der Waals surface area contributed by atoms with Gasteiger partial charge >= 0.3 is 12.1 Å². The molecular formula is C31H37N3O5. The van der Waals surface area contributed by atoms with Crippen LogP contribution >= 0.6 is 0 Å². The number of likely N-dealkylation sites (tertiary alicyclic amines) is 1. The predicted octanol–water partition coefficient (Wildman–Crippen LogP) is 4.73. The van der Waals surface area contributed by atoms with E-state index in [1.807, 2.05) is 42.3 Å². The van der Waals surface area contributed by atoms with Crippen molar-refractivity contribution >= 4 is 12.1 Å². The van der Waals surface area contributed by atoms with Crippen LogP contribution < -0.4 is 14.8 Å². The van der Waals surface area contributed by atoms with Gasteiger partial charge in [0.1, 0.15) is 6.10 Å². The highest BCUT2D eigenvalue weighted by Gasteiger charge is 2.70. The summed E-state index contributed by atoms with van der Waals surface area (Å²) in [6.45, 7) is 6.52. The summed E-state index contributed by atoms with van der Waals surface area (Å²) in [6.07, 6.45) is 10.6. The lowest BCUT2D eigenvalue weighted by molar-refractivity contribution is -0.132. The number of hydrogen-bond donors (Lipinski definition) is 1. The van der Waals surface area contributed by atoms with Crippen LogP contribution in [0.3, 0.4) is 0 Å². The Kier molecular flexibility index (Phi) is 6.41. The number of fused-ring (bicyclic) bond motifs is 1. The summed E-state index contributed by atoms with van der Waals surface area (Å²) in [5.41, 5.74) is 1.90. The highest BCUT2D eigenvalue weighted by atomic mass is 16.6. The largest absolute Gasteiger partial charge is 0.481 e. The van der Waals surface area contributed by atoms with Crippen LogP contribution in [0.5, 0.6) is 11.5 Å². The van der Waals surface area contributed by atoms with Gasteiger partial charge in [-0.15, -0.1) is 0 Å². The van der Waals surface area contributed by atoms with Crippen LogP contribution in [0.15, 0.2) is 54.9 Å². The van der Waals surface area contributed by atoms with E-state index in [1.165, 1.54) is 12.5 Å². The van der Waals surface area contributed by atoms with Crippen molar-refractivity contribution in [3.8, 4) is 11.5 Å². The maximum absolute atomic E-state index is 13.1. The predicted molar refractivity (Wildman–Crippen MR) is 146 cm³/mol. The Labute approximate surface area is 229 Å². The molecule has 0 radical (unpaired) electrons. The molecule has 1 saturated heterocycles. The van der Waals surface area contributed by atoms with Crippen molar-refractivity contribution in [3.05, 3.63) is 66.0 Å². The number of carbonyl (C=O) groups excluding carboxylic acids is 2. The van der Waals surface area contributed by atoms with Crippen LogP contribution in [0.25, 0.3) is 0 Å². The Balaban J connectivity index is 0.000000410. The smallest absolute Gasteiger partial charge is 0.410 e. The minimum Gasteiger partial charge on any atom is -0.481 e. The first kappa shape index (κ1) is 25.9.